The van der Waals surface area contributed by atoms with Crippen LogP contribution < -0.4 is 4.90 Å². The molecule has 0 radical (unpaired) electrons. The van der Waals surface area contributed by atoms with Crippen LogP contribution >= 0.6 is 0 Å². The van der Waals surface area contributed by atoms with Gasteiger partial charge in [0.25, 0.3) is 0 Å². The zero-order valence-corrected chi connectivity index (χ0v) is 13.8. The molecule has 1 aromatic heterocycles. The van der Waals surface area contributed by atoms with Crippen LogP contribution in [-0.2, 0) is 9.59 Å². The molecule has 0 saturated carbocycles. The maximum Gasteiger partial charge on any atom is 0.226 e. The molecule has 7 nitrogen and oxygen atoms in total. The highest BCUT2D eigenvalue weighted by molar-refractivity contribution is 5.87. The molecule has 0 N–H and O–H groups in total. The van der Waals surface area contributed by atoms with Gasteiger partial charge in [-0.25, -0.2) is 4.98 Å². The molecule has 24 heavy (non-hydrogen) atoms. The molecule has 2 amide bonds. The van der Waals surface area contributed by atoms with Crippen LogP contribution in [0, 0.1) is 17.2 Å². The number of amides is 2. The van der Waals surface area contributed by atoms with Gasteiger partial charge in [0.05, 0.1) is 11.6 Å². The first kappa shape index (κ1) is 16.2. The third kappa shape index (κ3) is 3.32. The van der Waals surface area contributed by atoms with Crippen molar-refractivity contribution in [3.05, 3.63) is 23.9 Å². The number of carbonyl (C=O) groups is 2. The number of pyridine rings is 1. The standard InChI is InChI=1S/C17H21N5O2/c1-20-5-3-14(11-16(20)23)17(24)22-8-6-21(7-9-22)15-10-13(12-18)2-4-19-15/h2,4,10,14H,3,5-9,11H2,1H3/t14-/m0/s1. The molecule has 2 aliphatic rings. The van der Waals surface area contributed by atoms with E-state index in [-0.39, 0.29) is 17.7 Å². The van der Waals surface area contributed by atoms with Crippen LogP contribution in [0.4, 0.5) is 5.82 Å². The van der Waals surface area contributed by atoms with E-state index in [2.05, 4.69) is 16.0 Å². The number of piperidine rings is 1. The summed E-state index contributed by atoms with van der Waals surface area (Å²) >= 11 is 0. The molecule has 0 unspecified atom stereocenters. The van der Waals surface area contributed by atoms with Crippen LogP contribution in [0.3, 0.4) is 0 Å². The van der Waals surface area contributed by atoms with Crippen molar-refractivity contribution in [2.24, 2.45) is 5.92 Å². The van der Waals surface area contributed by atoms with Crippen molar-refractivity contribution < 1.29 is 9.59 Å². The maximum atomic E-state index is 12.6. The summed E-state index contributed by atoms with van der Waals surface area (Å²) in [5.41, 5.74) is 0.586. The van der Waals surface area contributed by atoms with E-state index < -0.39 is 0 Å². The van der Waals surface area contributed by atoms with E-state index in [9.17, 15) is 9.59 Å². The quantitative estimate of drug-likeness (QED) is 0.789. The second kappa shape index (κ2) is 6.87. The van der Waals surface area contributed by atoms with Crippen LogP contribution in [0.25, 0.3) is 0 Å². The van der Waals surface area contributed by atoms with Crippen molar-refractivity contribution in [2.45, 2.75) is 12.8 Å². The molecule has 0 aromatic carbocycles. The van der Waals surface area contributed by atoms with E-state index in [1.165, 1.54) is 0 Å². The van der Waals surface area contributed by atoms with Crippen LogP contribution in [0.1, 0.15) is 18.4 Å². The first-order valence-electron chi connectivity index (χ1n) is 8.22. The Morgan fingerprint density at radius 1 is 1.29 bits per heavy atom. The van der Waals surface area contributed by atoms with Gasteiger partial charge in [-0.2, -0.15) is 5.26 Å². The normalized spacial score (nSPS) is 21.6. The van der Waals surface area contributed by atoms with Crippen LogP contribution in [0.5, 0.6) is 0 Å². The fraction of sp³-hybridized carbons (Fsp3) is 0.529. The molecule has 2 fully saturated rings. The number of aromatic nitrogens is 1. The third-order valence-electron chi connectivity index (χ3n) is 4.80. The predicted octanol–water partition coefficient (Wildman–Crippen LogP) is 0.470. The highest BCUT2D eigenvalue weighted by Crippen LogP contribution is 2.21. The van der Waals surface area contributed by atoms with Gasteiger partial charge < -0.3 is 14.7 Å². The zero-order chi connectivity index (χ0) is 17.1. The Bertz CT molecular complexity index is 676. The fourth-order valence-electron chi connectivity index (χ4n) is 3.23. The van der Waals surface area contributed by atoms with E-state index in [1.54, 1.807) is 30.3 Å². The van der Waals surface area contributed by atoms with Crippen molar-refractivity contribution in [3.8, 4) is 6.07 Å². The van der Waals surface area contributed by atoms with Crippen LogP contribution in [0.2, 0.25) is 0 Å². The monoisotopic (exact) mass is 327 g/mol. The molecular formula is C17H21N5O2. The second-order valence-electron chi connectivity index (χ2n) is 6.33. The van der Waals surface area contributed by atoms with E-state index in [4.69, 9.17) is 5.26 Å². The Kier molecular flexibility index (Phi) is 4.65. The van der Waals surface area contributed by atoms with Gasteiger partial charge in [-0.3, -0.25) is 9.59 Å². The molecule has 126 valence electrons. The number of hydrogen-bond donors (Lipinski definition) is 0. The first-order chi connectivity index (χ1) is 11.6. The van der Waals surface area contributed by atoms with Gasteiger partial charge >= 0.3 is 0 Å². The molecule has 7 heteroatoms. The lowest BCUT2D eigenvalue weighted by atomic mass is 9.94. The highest BCUT2D eigenvalue weighted by Gasteiger charge is 2.33. The lowest BCUT2D eigenvalue weighted by molar-refractivity contribution is -0.144. The Labute approximate surface area is 141 Å². The van der Waals surface area contributed by atoms with Gasteiger partial charge in [-0.15, -0.1) is 0 Å². The number of carbonyl (C=O) groups excluding carboxylic acids is 2. The van der Waals surface area contributed by atoms with E-state index in [1.807, 2.05) is 4.90 Å². The number of nitriles is 1. The van der Waals surface area contributed by atoms with Gasteiger partial charge in [0, 0.05) is 58.3 Å². The summed E-state index contributed by atoms with van der Waals surface area (Å²) in [6.07, 6.45) is 2.70. The molecule has 1 atom stereocenters. The van der Waals surface area contributed by atoms with Gasteiger partial charge in [0.15, 0.2) is 0 Å². The second-order valence-corrected chi connectivity index (χ2v) is 6.33. The molecule has 3 rings (SSSR count). The number of piperazine rings is 1. The molecule has 0 bridgehead atoms. The predicted molar refractivity (Wildman–Crippen MR) is 88.1 cm³/mol. The maximum absolute atomic E-state index is 12.6. The molecule has 2 saturated heterocycles. The molecule has 2 aliphatic heterocycles. The minimum absolute atomic E-state index is 0.0516. The Morgan fingerprint density at radius 3 is 2.71 bits per heavy atom. The van der Waals surface area contributed by atoms with Crippen LogP contribution in [0.15, 0.2) is 18.3 Å². The summed E-state index contributed by atoms with van der Waals surface area (Å²) in [7, 11) is 1.78. The van der Waals surface area contributed by atoms with Gasteiger partial charge in [-0.05, 0) is 18.6 Å². The summed E-state index contributed by atoms with van der Waals surface area (Å²) in [5.74, 6) is 0.737. The lowest BCUT2D eigenvalue weighted by Crippen LogP contribution is -2.52. The van der Waals surface area contributed by atoms with Crippen molar-refractivity contribution in [1.82, 2.24) is 14.8 Å². The Morgan fingerprint density at radius 2 is 2.04 bits per heavy atom. The van der Waals surface area contributed by atoms with Gasteiger partial charge in [-0.1, -0.05) is 0 Å². The highest BCUT2D eigenvalue weighted by atomic mass is 16.2. The summed E-state index contributed by atoms with van der Waals surface area (Å²) in [5, 5.41) is 8.98. The summed E-state index contributed by atoms with van der Waals surface area (Å²) in [6.45, 7) is 3.28. The lowest BCUT2D eigenvalue weighted by Gasteiger charge is -2.38. The smallest absolute Gasteiger partial charge is 0.226 e. The number of rotatable bonds is 2. The first-order valence-corrected chi connectivity index (χ1v) is 8.22. The zero-order valence-electron chi connectivity index (χ0n) is 13.8. The molecule has 3 heterocycles. The number of nitrogens with zero attached hydrogens (tertiary/aromatic N) is 5. The Balaban J connectivity index is 1.57. The van der Waals surface area contributed by atoms with Gasteiger partial charge in [0.1, 0.15) is 5.82 Å². The molecule has 1 aromatic rings. The van der Waals surface area contributed by atoms with Crippen molar-refractivity contribution in [1.29, 1.82) is 5.26 Å². The Hall–Kier alpha value is -2.62. The molecule has 0 aliphatic carbocycles. The summed E-state index contributed by atoms with van der Waals surface area (Å²) < 4.78 is 0. The van der Waals surface area contributed by atoms with Crippen molar-refractivity contribution >= 4 is 17.6 Å². The molecular weight excluding hydrogens is 306 g/mol. The number of anilines is 1. The van der Waals surface area contributed by atoms with E-state index in [0.29, 0.717) is 44.7 Å². The topological polar surface area (TPSA) is 80.5 Å². The fourth-order valence-corrected chi connectivity index (χ4v) is 3.23. The largest absolute Gasteiger partial charge is 0.353 e. The van der Waals surface area contributed by atoms with Crippen molar-refractivity contribution in [3.63, 3.8) is 0 Å². The molecule has 0 spiro atoms. The average molecular weight is 327 g/mol. The average Bonchev–Trinajstić information content (AvgIpc) is 2.63. The van der Waals surface area contributed by atoms with E-state index in [0.717, 1.165) is 12.2 Å². The minimum atomic E-state index is -0.180. The summed E-state index contributed by atoms with van der Waals surface area (Å²) in [6, 6.07) is 5.57. The number of hydrogen-bond acceptors (Lipinski definition) is 5. The van der Waals surface area contributed by atoms with Crippen LogP contribution in [-0.4, -0.2) is 66.4 Å². The van der Waals surface area contributed by atoms with Crippen molar-refractivity contribution in [2.75, 3.05) is 44.7 Å². The SMILES string of the molecule is CN1CC[C@H](C(=O)N2CCN(c3cc(C#N)ccn3)CC2)CC1=O. The number of likely N-dealkylation sites (tertiary alicyclic amines) is 1. The summed E-state index contributed by atoms with van der Waals surface area (Å²) in [4.78, 5) is 34.4. The third-order valence-corrected chi connectivity index (χ3v) is 4.80. The van der Waals surface area contributed by atoms with Gasteiger partial charge in [0.2, 0.25) is 11.8 Å². The minimum Gasteiger partial charge on any atom is -0.353 e. The van der Waals surface area contributed by atoms with E-state index >= 15 is 0 Å².